The van der Waals surface area contributed by atoms with Gasteiger partial charge in [0.1, 0.15) is 0 Å². The molecule has 4 heteroatoms. The predicted octanol–water partition coefficient (Wildman–Crippen LogP) is 1.57. The number of methoxy groups -OCH3 is 1. The van der Waals surface area contributed by atoms with Gasteiger partial charge in [0.2, 0.25) is 0 Å². The Bertz CT molecular complexity index is 178. The van der Waals surface area contributed by atoms with Crippen molar-refractivity contribution in [3.8, 4) is 0 Å². The third-order valence-corrected chi connectivity index (χ3v) is 4.61. The highest BCUT2D eigenvalue weighted by molar-refractivity contribution is 8.00. The minimum Gasteiger partial charge on any atom is -0.383 e. The second kappa shape index (κ2) is 8.34. The average Bonchev–Trinajstić information content (AvgIpc) is 2.34. The smallest absolute Gasteiger partial charge is 0.0618 e. The first-order valence-corrected chi connectivity index (χ1v) is 7.41. The Balaban J connectivity index is 2.41. The number of hydrogen-bond acceptors (Lipinski definition) is 4. The van der Waals surface area contributed by atoms with E-state index in [0.717, 1.165) is 24.8 Å². The van der Waals surface area contributed by atoms with Gasteiger partial charge in [0.15, 0.2) is 0 Å². The predicted molar refractivity (Wildman–Crippen MR) is 72.1 cm³/mol. The van der Waals surface area contributed by atoms with Gasteiger partial charge in [0, 0.05) is 37.2 Å². The van der Waals surface area contributed by atoms with Gasteiger partial charge in [-0.3, -0.25) is 4.90 Å². The summed E-state index contributed by atoms with van der Waals surface area (Å²) in [7, 11) is 1.80. The molecule has 0 aliphatic carbocycles. The zero-order valence-corrected chi connectivity index (χ0v) is 11.5. The fourth-order valence-electron chi connectivity index (χ4n) is 2.24. The van der Waals surface area contributed by atoms with Crippen molar-refractivity contribution in [2.75, 3.05) is 39.1 Å². The molecule has 0 amide bonds. The van der Waals surface area contributed by atoms with Crippen LogP contribution in [0.2, 0.25) is 0 Å². The van der Waals surface area contributed by atoms with Crippen molar-refractivity contribution in [2.24, 2.45) is 5.73 Å². The molecule has 1 aliphatic rings. The van der Waals surface area contributed by atoms with E-state index in [1.54, 1.807) is 7.11 Å². The third kappa shape index (κ3) is 4.62. The highest BCUT2D eigenvalue weighted by atomic mass is 32.2. The van der Waals surface area contributed by atoms with Gasteiger partial charge >= 0.3 is 0 Å². The van der Waals surface area contributed by atoms with Crippen molar-refractivity contribution in [1.29, 1.82) is 0 Å². The van der Waals surface area contributed by atoms with Crippen LogP contribution in [0.15, 0.2) is 0 Å². The van der Waals surface area contributed by atoms with Crippen molar-refractivity contribution >= 4 is 11.8 Å². The van der Waals surface area contributed by atoms with Gasteiger partial charge in [-0.2, -0.15) is 11.8 Å². The molecule has 0 radical (unpaired) electrons. The first-order valence-electron chi connectivity index (χ1n) is 6.36. The molecule has 0 aromatic heterocycles. The van der Waals surface area contributed by atoms with Crippen molar-refractivity contribution in [2.45, 2.75) is 37.5 Å². The topological polar surface area (TPSA) is 38.5 Å². The minimum atomic E-state index is 0.573. The number of nitrogens with zero attached hydrogens (tertiary/aromatic N) is 1. The van der Waals surface area contributed by atoms with Crippen LogP contribution in [0.3, 0.4) is 0 Å². The van der Waals surface area contributed by atoms with Crippen molar-refractivity contribution in [3.05, 3.63) is 0 Å². The Labute approximate surface area is 104 Å². The second-order valence-electron chi connectivity index (χ2n) is 4.44. The maximum absolute atomic E-state index is 5.59. The first-order chi connectivity index (χ1) is 7.81. The highest BCUT2D eigenvalue weighted by Gasteiger charge is 2.24. The van der Waals surface area contributed by atoms with Gasteiger partial charge in [-0.25, -0.2) is 0 Å². The molecule has 0 spiro atoms. The van der Waals surface area contributed by atoms with E-state index < -0.39 is 0 Å². The lowest BCUT2D eigenvalue weighted by atomic mass is 10.1. The fraction of sp³-hybridized carbons (Fsp3) is 1.00. The molecule has 0 aromatic carbocycles. The molecule has 16 heavy (non-hydrogen) atoms. The van der Waals surface area contributed by atoms with Crippen LogP contribution < -0.4 is 5.73 Å². The van der Waals surface area contributed by atoms with E-state index in [-0.39, 0.29) is 0 Å². The maximum Gasteiger partial charge on any atom is 0.0618 e. The van der Waals surface area contributed by atoms with Crippen molar-refractivity contribution in [1.82, 2.24) is 4.90 Å². The molecule has 2 atom stereocenters. The van der Waals surface area contributed by atoms with E-state index in [2.05, 4.69) is 23.6 Å². The normalized spacial score (nSPS) is 24.6. The van der Waals surface area contributed by atoms with Crippen molar-refractivity contribution in [3.63, 3.8) is 0 Å². The van der Waals surface area contributed by atoms with Crippen LogP contribution in [0, 0.1) is 0 Å². The molecule has 1 fully saturated rings. The van der Waals surface area contributed by atoms with Gasteiger partial charge in [0.05, 0.1) is 6.61 Å². The summed E-state index contributed by atoms with van der Waals surface area (Å²) in [5.74, 6) is 1.27. The summed E-state index contributed by atoms with van der Waals surface area (Å²) in [5.41, 5.74) is 5.59. The van der Waals surface area contributed by atoms with Crippen LogP contribution in [-0.2, 0) is 4.74 Å². The van der Waals surface area contributed by atoms with E-state index in [1.165, 1.54) is 31.7 Å². The summed E-state index contributed by atoms with van der Waals surface area (Å²) in [6.07, 6.45) is 3.55. The van der Waals surface area contributed by atoms with Gasteiger partial charge in [-0.05, 0) is 25.8 Å². The first kappa shape index (κ1) is 14.3. The van der Waals surface area contributed by atoms with Gasteiger partial charge in [-0.15, -0.1) is 0 Å². The van der Waals surface area contributed by atoms with Crippen LogP contribution in [0.25, 0.3) is 0 Å². The Hall–Kier alpha value is 0.230. The molecule has 1 rings (SSSR count). The summed E-state index contributed by atoms with van der Waals surface area (Å²) < 4.78 is 5.33. The average molecular weight is 246 g/mol. The maximum atomic E-state index is 5.59. The lowest BCUT2D eigenvalue weighted by Crippen LogP contribution is -2.46. The molecule has 1 heterocycles. The van der Waals surface area contributed by atoms with Crippen LogP contribution in [-0.4, -0.2) is 55.3 Å². The van der Waals surface area contributed by atoms with Gasteiger partial charge < -0.3 is 10.5 Å². The number of thioether (sulfide) groups is 1. The fourth-order valence-corrected chi connectivity index (χ4v) is 3.44. The van der Waals surface area contributed by atoms with Crippen LogP contribution in [0.4, 0.5) is 0 Å². The largest absolute Gasteiger partial charge is 0.383 e. The zero-order chi connectivity index (χ0) is 11.8. The molecule has 1 aliphatic heterocycles. The molecule has 1 saturated heterocycles. The van der Waals surface area contributed by atoms with E-state index in [9.17, 15) is 0 Å². The number of ether oxygens (including phenoxy) is 1. The monoisotopic (exact) mass is 246 g/mol. The SMILES string of the molecule is CCC1CN(C(CCCN)COC)CCS1. The Morgan fingerprint density at radius 1 is 1.56 bits per heavy atom. The summed E-state index contributed by atoms with van der Waals surface area (Å²) >= 11 is 2.12. The van der Waals surface area contributed by atoms with Crippen LogP contribution in [0.1, 0.15) is 26.2 Å². The number of nitrogens with two attached hydrogens (primary N) is 1. The summed E-state index contributed by atoms with van der Waals surface area (Å²) in [6.45, 7) is 6.35. The van der Waals surface area contributed by atoms with Gasteiger partial charge in [0.25, 0.3) is 0 Å². The number of rotatable bonds is 7. The van der Waals surface area contributed by atoms with E-state index in [0.29, 0.717) is 6.04 Å². The second-order valence-corrected chi connectivity index (χ2v) is 5.84. The Kier molecular flexibility index (Phi) is 7.45. The molecule has 2 N–H and O–H groups in total. The van der Waals surface area contributed by atoms with E-state index in [1.807, 2.05) is 0 Å². The quantitative estimate of drug-likeness (QED) is 0.740. The molecular weight excluding hydrogens is 220 g/mol. The van der Waals surface area contributed by atoms with Gasteiger partial charge in [-0.1, -0.05) is 6.92 Å². The van der Waals surface area contributed by atoms with E-state index in [4.69, 9.17) is 10.5 Å². The highest BCUT2D eigenvalue weighted by Crippen LogP contribution is 2.23. The van der Waals surface area contributed by atoms with Crippen LogP contribution >= 0.6 is 11.8 Å². The van der Waals surface area contributed by atoms with Crippen LogP contribution in [0.5, 0.6) is 0 Å². The Morgan fingerprint density at radius 3 is 3.00 bits per heavy atom. The Morgan fingerprint density at radius 2 is 2.38 bits per heavy atom. The standard InChI is InChI=1S/C12H26N2OS/c1-3-12-9-14(7-8-16-12)11(10-15-2)5-4-6-13/h11-12H,3-10,13H2,1-2H3. The summed E-state index contributed by atoms with van der Waals surface area (Å²) in [6, 6.07) is 0.573. The lowest BCUT2D eigenvalue weighted by Gasteiger charge is -2.37. The molecule has 0 saturated carbocycles. The molecular formula is C12H26N2OS. The molecule has 3 nitrogen and oxygen atoms in total. The summed E-state index contributed by atoms with van der Waals surface area (Å²) in [5, 5.41) is 0.811. The molecule has 0 bridgehead atoms. The minimum absolute atomic E-state index is 0.573. The lowest BCUT2D eigenvalue weighted by molar-refractivity contribution is 0.0858. The molecule has 0 aromatic rings. The zero-order valence-electron chi connectivity index (χ0n) is 10.7. The number of hydrogen-bond donors (Lipinski definition) is 1. The van der Waals surface area contributed by atoms with Crippen molar-refractivity contribution < 1.29 is 4.74 Å². The molecule has 96 valence electrons. The third-order valence-electron chi connectivity index (χ3n) is 3.24. The van der Waals surface area contributed by atoms with E-state index >= 15 is 0 Å². The summed E-state index contributed by atoms with van der Waals surface area (Å²) in [4.78, 5) is 2.60. The molecule has 2 unspecified atom stereocenters.